The molecule has 0 aliphatic rings. The average Bonchev–Trinajstić information content (AvgIpc) is 2.70. The summed E-state index contributed by atoms with van der Waals surface area (Å²) in [5, 5.41) is 2.93. The van der Waals surface area contributed by atoms with E-state index in [1.165, 1.54) is 17.3 Å². The van der Waals surface area contributed by atoms with Crippen molar-refractivity contribution in [2.45, 2.75) is 18.7 Å². The first kappa shape index (κ1) is 18.9. The number of hydrogen-bond donors (Lipinski definition) is 1. The summed E-state index contributed by atoms with van der Waals surface area (Å²) in [5.74, 6) is 0.257. The number of carbonyl (C=O) groups excluding carboxylic acids is 2. The zero-order valence-electron chi connectivity index (χ0n) is 15.4. The van der Waals surface area contributed by atoms with Crippen molar-refractivity contribution in [1.29, 1.82) is 0 Å². The van der Waals surface area contributed by atoms with Crippen LogP contribution in [0.3, 0.4) is 0 Å². The second-order valence-corrected chi connectivity index (χ2v) is 7.41. The van der Waals surface area contributed by atoms with E-state index in [0.29, 0.717) is 16.9 Å². The smallest absolute Gasteiger partial charge is 0.255 e. The minimum absolute atomic E-state index is 0.0746. The van der Waals surface area contributed by atoms with Crippen LogP contribution in [-0.2, 0) is 0 Å². The van der Waals surface area contributed by atoms with E-state index in [0.717, 1.165) is 16.1 Å². The van der Waals surface area contributed by atoms with E-state index < -0.39 is 0 Å². The van der Waals surface area contributed by atoms with E-state index in [1.54, 1.807) is 6.07 Å². The third-order valence-electron chi connectivity index (χ3n) is 4.33. The van der Waals surface area contributed by atoms with Gasteiger partial charge in [0.15, 0.2) is 5.78 Å². The van der Waals surface area contributed by atoms with Gasteiger partial charge in [-0.25, -0.2) is 0 Å². The fraction of sp³-hybridized carbons (Fsp3) is 0.130. The molecule has 0 heterocycles. The number of aryl methyl sites for hydroxylation is 2. The standard InChI is InChI=1S/C23H21NO2S/c1-16-11-12-20(13-17(16)2)24-23(26)19-9-6-10-21(14-19)27-15-22(25)18-7-4-3-5-8-18/h3-14H,15H2,1-2H3,(H,24,26). The Kier molecular flexibility index (Phi) is 6.09. The second kappa shape index (κ2) is 8.69. The number of thioether (sulfide) groups is 1. The van der Waals surface area contributed by atoms with Gasteiger partial charge in [0.05, 0.1) is 5.75 Å². The van der Waals surface area contributed by atoms with Crippen LogP contribution in [0.2, 0.25) is 0 Å². The lowest BCUT2D eigenvalue weighted by atomic mass is 10.1. The molecule has 0 spiro atoms. The highest BCUT2D eigenvalue weighted by Crippen LogP contribution is 2.22. The van der Waals surface area contributed by atoms with Crippen LogP contribution in [0.4, 0.5) is 5.69 Å². The molecule has 1 N–H and O–H groups in total. The normalized spacial score (nSPS) is 10.4. The molecule has 0 fully saturated rings. The fourth-order valence-corrected chi connectivity index (χ4v) is 3.46. The third-order valence-corrected chi connectivity index (χ3v) is 5.32. The van der Waals surface area contributed by atoms with Crippen LogP contribution in [0.25, 0.3) is 0 Å². The van der Waals surface area contributed by atoms with Crippen LogP contribution < -0.4 is 5.32 Å². The second-order valence-electron chi connectivity index (χ2n) is 6.36. The molecule has 0 aliphatic carbocycles. The predicted octanol–water partition coefficient (Wildman–Crippen LogP) is 5.53. The van der Waals surface area contributed by atoms with Gasteiger partial charge in [-0.05, 0) is 55.3 Å². The highest BCUT2D eigenvalue weighted by molar-refractivity contribution is 8.00. The van der Waals surface area contributed by atoms with E-state index in [9.17, 15) is 9.59 Å². The lowest BCUT2D eigenvalue weighted by Crippen LogP contribution is -2.12. The van der Waals surface area contributed by atoms with Gasteiger partial charge in [0, 0.05) is 21.7 Å². The van der Waals surface area contributed by atoms with Gasteiger partial charge in [-0.2, -0.15) is 0 Å². The van der Waals surface area contributed by atoms with Crippen molar-refractivity contribution in [3.05, 3.63) is 95.1 Å². The summed E-state index contributed by atoms with van der Waals surface area (Å²) in [4.78, 5) is 25.7. The molecule has 136 valence electrons. The lowest BCUT2D eigenvalue weighted by molar-refractivity contribution is 0.101. The molecule has 4 heteroatoms. The highest BCUT2D eigenvalue weighted by atomic mass is 32.2. The summed E-state index contributed by atoms with van der Waals surface area (Å²) < 4.78 is 0. The first-order valence-electron chi connectivity index (χ1n) is 8.72. The maximum Gasteiger partial charge on any atom is 0.255 e. The Balaban J connectivity index is 1.65. The molecule has 0 bridgehead atoms. The first-order valence-corrected chi connectivity index (χ1v) is 9.71. The zero-order valence-corrected chi connectivity index (χ0v) is 16.2. The van der Waals surface area contributed by atoms with E-state index in [1.807, 2.05) is 80.6 Å². The number of anilines is 1. The Morgan fingerprint density at radius 1 is 0.815 bits per heavy atom. The molecule has 0 aliphatic heterocycles. The van der Waals surface area contributed by atoms with E-state index in [4.69, 9.17) is 0 Å². The number of carbonyl (C=O) groups is 2. The van der Waals surface area contributed by atoms with Gasteiger partial charge in [-0.1, -0.05) is 42.5 Å². The van der Waals surface area contributed by atoms with E-state index >= 15 is 0 Å². The lowest BCUT2D eigenvalue weighted by Gasteiger charge is -2.09. The molecule has 0 aromatic heterocycles. The molecule has 1 amide bonds. The van der Waals surface area contributed by atoms with Crippen LogP contribution in [0.1, 0.15) is 31.8 Å². The van der Waals surface area contributed by atoms with Crippen LogP contribution in [0.5, 0.6) is 0 Å². The Labute approximate surface area is 163 Å². The van der Waals surface area contributed by atoms with Crippen LogP contribution in [0, 0.1) is 13.8 Å². The summed E-state index contributed by atoms with van der Waals surface area (Å²) in [7, 11) is 0. The van der Waals surface area contributed by atoms with Crippen molar-refractivity contribution in [3.8, 4) is 0 Å². The molecule has 0 saturated heterocycles. The summed E-state index contributed by atoms with van der Waals surface area (Å²) in [6.07, 6.45) is 0. The molecule has 3 rings (SSSR count). The van der Waals surface area contributed by atoms with Crippen LogP contribution in [-0.4, -0.2) is 17.4 Å². The largest absolute Gasteiger partial charge is 0.322 e. The predicted molar refractivity (Wildman–Crippen MR) is 112 cm³/mol. The molecule has 0 radical (unpaired) electrons. The summed E-state index contributed by atoms with van der Waals surface area (Å²) in [5.41, 5.74) is 4.38. The molecule has 3 aromatic carbocycles. The minimum atomic E-state index is -0.157. The number of hydrogen-bond acceptors (Lipinski definition) is 3. The van der Waals surface area contributed by atoms with Gasteiger partial charge < -0.3 is 5.32 Å². The van der Waals surface area contributed by atoms with Crippen molar-refractivity contribution in [2.24, 2.45) is 0 Å². The van der Waals surface area contributed by atoms with Crippen LogP contribution in [0.15, 0.2) is 77.7 Å². The molecule has 3 aromatic rings. The minimum Gasteiger partial charge on any atom is -0.322 e. The Bertz CT molecular complexity index is 967. The first-order chi connectivity index (χ1) is 13.0. The van der Waals surface area contributed by atoms with Crippen LogP contribution >= 0.6 is 11.8 Å². The number of benzene rings is 3. The molecule has 0 saturated carbocycles. The van der Waals surface area contributed by atoms with Crippen molar-refractivity contribution >= 4 is 29.1 Å². The Hall–Kier alpha value is -2.85. The van der Waals surface area contributed by atoms with Crippen molar-refractivity contribution in [3.63, 3.8) is 0 Å². The maximum atomic E-state index is 12.5. The van der Waals surface area contributed by atoms with Gasteiger partial charge >= 0.3 is 0 Å². The van der Waals surface area contributed by atoms with E-state index in [2.05, 4.69) is 5.32 Å². The van der Waals surface area contributed by atoms with Crippen molar-refractivity contribution in [1.82, 2.24) is 0 Å². The van der Waals surface area contributed by atoms with Gasteiger partial charge in [-0.15, -0.1) is 11.8 Å². The average molecular weight is 375 g/mol. The van der Waals surface area contributed by atoms with Gasteiger partial charge in [0.2, 0.25) is 0 Å². The van der Waals surface area contributed by atoms with Crippen molar-refractivity contribution in [2.75, 3.05) is 11.1 Å². The topological polar surface area (TPSA) is 46.2 Å². The number of rotatable bonds is 6. The quantitative estimate of drug-likeness (QED) is 0.455. The van der Waals surface area contributed by atoms with Gasteiger partial charge in [-0.3, -0.25) is 9.59 Å². The molecular formula is C23H21NO2S. The zero-order chi connectivity index (χ0) is 19.2. The SMILES string of the molecule is Cc1ccc(NC(=O)c2cccc(SCC(=O)c3ccccc3)c2)cc1C. The summed E-state index contributed by atoms with van der Waals surface area (Å²) >= 11 is 1.44. The third kappa shape index (κ3) is 5.08. The summed E-state index contributed by atoms with van der Waals surface area (Å²) in [6, 6.07) is 22.4. The maximum absolute atomic E-state index is 12.5. The fourth-order valence-electron chi connectivity index (χ4n) is 2.61. The number of amides is 1. The van der Waals surface area contributed by atoms with Gasteiger partial charge in [0.25, 0.3) is 5.91 Å². The highest BCUT2D eigenvalue weighted by Gasteiger charge is 2.10. The molecule has 0 unspecified atom stereocenters. The van der Waals surface area contributed by atoms with Gasteiger partial charge in [0.1, 0.15) is 0 Å². The Morgan fingerprint density at radius 3 is 2.30 bits per heavy atom. The number of nitrogens with one attached hydrogen (secondary N) is 1. The number of ketones is 1. The Morgan fingerprint density at radius 2 is 1.56 bits per heavy atom. The van der Waals surface area contributed by atoms with E-state index in [-0.39, 0.29) is 11.7 Å². The van der Waals surface area contributed by atoms with Crippen molar-refractivity contribution < 1.29 is 9.59 Å². The molecular weight excluding hydrogens is 354 g/mol. The monoisotopic (exact) mass is 375 g/mol. The summed E-state index contributed by atoms with van der Waals surface area (Å²) in [6.45, 7) is 4.06. The molecule has 3 nitrogen and oxygen atoms in total. The molecule has 0 atom stereocenters. The molecule has 27 heavy (non-hydrogen) atoms. The number of Topliss-reactive ketones (excluding diaryl/α,β-unsaturated/α-hetero) is 1.